The van der Waals surface area contributed by atoms with Gasteiger partial charge in [0.05, 0.1) is 12.6 Å². The zero-order valence-corrected chi connectivity index (χ0v) is 19.6. The number of rotatable bonds is 6. The van der Waals surface area contributed by atoms with Crippen molar-refractivity contribution in [1.82, 2.24) is 14.8 Å². The van der Waals surface area contributed by atoms with Crippen LogP contribution in [0.2, 0.25) is 0 Å². The molecule has 7 heteroatoms. The van der Waals surface area contributed by atoms with E-state index in [0.717, 1.165) is 11.0 Å². The third-order valence-corrected chi connectivity index (χ3v) is 5.95. The Labute approximate surface area is 187 Å². The van der Waals surface area contributed by atoms with Gasteiger partial charge in [0.1, 0.15) is 11.7 Å². The Hall–Kier alpha value is -1.96. The zero-order valence-electron chi connectivity index (χ0n) is 18.0. The molecule has 3 rings (SSSR count). The van der Waals surface area contributed by atoms with Crippen molar-refractivity contribution in [2.24, 2.45) is 5.92 Å². The van der Waals surface area contributed by atoms with E-state index < -0.39 is 0 Å². The van der Waals surface area contributed by atoms with Crippen molar-refractivity contribution >= 4 is 21.8 Å². The molecular weight excluding hydrogens is 446 g/mol. The van der Waals surface area contributed by atoms with Crippen LogP contribution >= 0.6 is 15.9 Å². The third-order valence-electron chi connectivity index (χ3n) is 5.51. The predicted molar refractivity (Wildman–Crippen MR) is 121 cm³/mol. The molecule has 0 unspecified atom stereocenters. The zero-order chi connectivity index (χ0) is 21.8. The van der Waals surface area contributed by atoms with Gasteiger partial charge in [0.2, 0.25) is 5.88 Å². The summed E-state index contributed by atoms with van der Waals surface area (Å²) >= 11 is 3.40. The molecule has 0 aliphatic carbocycles. The number of aliphatic hydroxyl groups excluding tert-OH is 1. The van der Waals surface area contributed by atoms with Gasteiger partial charge in [-0.1, -0.05) is 36.8 Å². The maximum absolute atomic E-state index is 13.2. The van der Waals surface area contributed by atoms with Crippen LogP contribution in [-0.4, -0.2) is 64.7 Å². The number of pyridine rings is 1. The van der Waals surface area contributed by atoms with Crippen molar-refractivity contribution in [3.63, 3.8) is 0 Å². The van der Waals surface area contributed by atoms with Crippen molar-refractivity contribution in [3.05, 3.63) is 57.7 Å². The summed E-state index contributed by atoms with van der Waals surface area (Å²) in [5.41, 5.74) is 2.92. The minimum Gasteiger partial charge on any atom is -0.472 e. The topological polar surface area (TPSA) is 65.9 Å². The lowest BCUT2D eigenvalue weighted by Gasteiger charge is -2.37. The summed E-state index contributed by atoms with van der Waals surface area (Å²) in [6.07, 6.45) is 1.50. The van der Waals surface area contributed by atoms with E-state index in [0.29, 0.717) is 24.5 Å². The second-order valence-electron chi connectivity index (χ2n) is 8.31. The van der Waals surface area contributed by atoms with Crippen molar-refractivity contribution in [2.75, 3.05) is 26.7 Å². The van der Waals surface area contributed by atoms with Crippen molar-refractivity contribution in [3.8, 4) is 5.88 Å². The van der Waals surface area contributed by atoms with Crippen LogP contribution < -0.4 is 4.74 Å². The summed E-state index contributed by atoms with van der Waals surface area (Å²) in [5, 5.41) is 9.70. The molecule has 0 spiro atoms. The van der Waals surface area contributed by atoms with Crippen LogP contribution in [0.3, 0.4) is 0 Å². The Kier molecular flexibility index (Phi) is 7.50. The van der Waals surface area contributed by atoms with Crippen LogP contribution in [0.5, 0.6) is 5.88 Å². The van der Waals surface area contributed by atoms with Gasteiger partial charge in [-0.2, -0.15) is 0 Å². The number of amides is 1. The summed E-state index contributed by atoms with van der Waals surface area (Å²) in [6.45, 7) is 7.96. The number of carbonyl (C=O) groups excluding carboxylic acids is 1. The van der Waals surface area contributed by atoms with Gasteiger partial charge in [-0.05, 0) is 48.5 Å². The number of ether oxygens (including phenoxy) is 1. The molecule has 1 N–H and O–H groups in total. The molecular formula is C23H30BrN3O3. The standard InChI is InChI=1S/C23H30BrN3O3/c1-15-6-5-7-18(8-15)12-26(4)13-21-16(2)11-27(17(3)14-28)23(29)20-9-19(24)10-25-22(20)30-21/h5-10,16-17,21,28H,11-14H2,1-4H3/t16-,17+,21-/m0/s1. The molecule has 30 heavy (non-hydrogen) atoms. The van der Waals surface area contributed by atoms with Crippen LogP contribution in [0, 0.1) is 12.8 Å². The Morgan fingerprint density at radius 2 is 2.17 bits per heavy atom. The number of hydrogen-bond donors (Lipinski definition) is 1. The van der Waals surface area contributed by atoms with Crippen LogP contribution in [0.25, 0.3) is 0 Å². The second-order valence-corrected chi connectivity index (χ2v) is 9.23. The number of benzene rings is 1. The van der Waals surface area contributed by atoms with Crippen LogP contribution in [0.4, 0.5) is 0 Å². The fourth-order valence-electron chi connectivity index (χ4n) is 3.79. The van der Waals surface area contributed by atoms with E-state index in [9.17, 15) is 9.90 Å². The number of aromatic nitrogens is 1. The van der Waals surface area contributed by atoms with Crippen molar-refractivity contribution in [2.45, 2.75) is 39.5 Å². The number of aryl methyl sites for hydroxylation is 1. The van der Waals surface area contributed by atoms with E-state index in [2.05, 4.69) is 71.0 Å². The molecule has 0 saturated carbocycles. The maximum Gasteiger partial charge on any atom is 0.259 e. The highest BCUT2D eigenvalue weighted by Crippen LogP contribution is 2.28. The summed E-state index contributed by atoms with van der Waals surface area (Å²) in [5.74, 6) is 0.249. The molecule has 0 radical (unpaired) electrons. The lowest BCUT2D eigenvalue weighted by atomic mass is 10.00. The number of aliphatic hydroxyl groups is 1. The van der Waals surface area contributed by atoms with Gasteiger partial charge in [0.15, 0.2) is 0 Å². The first-order chi connectivity index (χ1) is 14.3. The summed E-state index contributed by atoms with van der Waals surface area (Å²) < 4.78 is 7.00. The van der Waals surface area contributed by atoms with Gasteiger partial charge in [-0.25, -0.2) is 4.98 Å². The molecule has 6 nitrogen and oxygen atoms in total. The van der Waals surface area contributed by atoms with E-state index in [1.807, 2.05) is 6.92 Å². The van der Waals surface area contributed by atoms with E-state index in [1.54, 1.807) is 17.2 Å². The molecule has 1 aromatic heterocycles. The van der Waals surface area contributed by atoms with E-state index >= 15 is 0 Å². The Morgan fingerprint density at radius 3 is 2.87 bits per heavy atom. The third kappa shape index (κ3) is 5.39. The molecule has 2 aromatic rings. The molecule has 162 valence electrons. The van der Waals surface area contributed by atoms with Gasteiger partial charge < -0.3 is 14.7 Å². The Balaban J connectivity index is 1.85. The Bertz CT molecular complexity index is 892. The Morgan fingerprint density at radius 1 is 1.40 bits per heavy atom. The predicted octanol–water partition coefficient (Wildman–Crippen LogP) is 3.50. The molecule has 0 saturated heterocycles. The van der Waals surface area contributed by atoms with E-state index in [4.69, 9.17) is 4.74 Å². The fraction of sp³-hybridized carbons (Fsp3) is 0.478. The lowest BCUT2D eigenvalue weighted by molar-refractivity contribution is 0.0325. The number of halogens is 1. The second kappa shape index (κ2) is 9.90. The lowest BCUT2D eigenvalue weighted by Crippen LogP contribution is -2.49. The average molecular weight is 476 g/mol. The number of fused-ring (bicyclic) bond motifs is 1. The first-order valence-electron chi connectivity index (χ1n) is 10.3. The molecule has 1 aliphatic rings. The summed E-state index contributed by atoms with van der Waals surface area (Å²) in [4.78, 5) is 21.5. The first-order valence-corrected chi connectivity index (χ1v) is 11.1. The van der Waals surface area contributed by atoms with Crippen molar-refractivity contribution < 1.29 is 14.6 Å². The van der Waals surface area contributed by atoms with Crippen molar-refractivity contribution in [1.29, 1.82) is 0 Å². The van der Waals surface area contributed by atoms with Crippen LogP contribution in [0.1, 0.15) is 35.3 Å². The molecule has 1 amide bonds. The van der Waals surface area contributed by atoms with Gasteiger partial charge in [-0.3, -0.25) is 9.69 Å². The minimum absolute atomic E-state index is 0.0708. The normalized spacial score (nSPS) is 20.4. The highest BCUT2D eigenvalue weighted by Gasteiger charge is 2.34. The van der Waals surface area contributed by atoms with E-state index in [1.165, 1.54) is 11.1 Å². The quantitative estimate of drug-likeness (QED) is 0.692. The SMILES string of the molecule is Cc1cccc(CN(C)C[C@@H]2Oc3ncc(Br)cc3C(=O)N([C@H](C)CO)C[C@@H]2C)c1. The molecule has 0 bridgehead atoms. The first kappa shape index (κ1) is 22.7. The molecule has 3 atom stereocenters. The highest BCUT2D eigenvalue weighted by atomic mass is 79.9. The summed E-state index contributed by atoms with van der Waals surface area (Å²) in [7, 11) is 2.08. The van der Waals surface area contributed by atoms with Gasteiger partial charge >= 0.3 is 0 Å². The number of hydrogen-bond acceptors (Lipinski definition) is 5. The smallest absolute Gasteiger partial charge is 0.259 e. The van der Waals surface area contributed by atoms with Crippen LogP contribution in [0.15, 0.2) is 41.0 Å². The highest BCUT2D eigenvalue weighted by molar-refractivity contribution is 9.10. The monoisotopic (exact) mass is 475 g/mol. The largest absolute Gasteiger partial charge is 0.472 e. The van der Waals surface area contributed by atoms with E-state index in [-0.39, 0.29) is 30.6 Å². The average Bonchev–Trinajstić information content (AvgIpc) is 2.70. The molecule has 0 fully saturated rings. The molecule has 1 aromatic carbocycles. The van der Waals surface area contributed by atoms with Gasteiger partial charge in [0, 0.05) is 36.2 Å². The fourth-order valence-corrected chi connectivity index (χ4v) is 4.12. The minimum atomic E-state index is -0.282. The molecule has 1 aliphatic heterocycles. The maximum atomic E-state index is 13.2. The number of nitrogens with zero attached hydrogens (tertiary/aromatic N) is 3. The van der Waals surface area contributed by atoms with Crippen LogP contribution in [-0.2, 0) is 6.54 Å². The van der Waals surface area contributed by atoms with Gasteiger partial charge in [0.25, 0.3) is 5.91 Å². The molecule has 2 heterocycles. The summed E-state index contributed by atoms with van der Waals surface area (Å²) in [6, 6.07) is 9.95. The number of carbonyl (C=O) groups is 1. The van der Waals surface area contributed by atoms with Gasteiger partial charge in [-0.15, -0.1) is 0 Å². The number of likely N-dealkylation sites (N-methyl/N-ethyl adjacent to an activating group) is 1.